The van der Waals surface area contributed by atoms with Crippen LogP contribution in [-0.4, -0.2) is 22.8 Å². The summed E-state index contributed by atoms with van der Waals surface area (Å²) in [5.41, 5.74) is 4.45. The molecule has 0 saturated carbocycles. The van der Waals surface area contributed by atoms with Crippen molar-refractivity contribution >= 4 is 17.6 Å². The molecule has 0 aliphatic heterocycles. The van der Waals surface area contributed by atoms with E-state index in [0.717, 1.165) is 28.0 Å². The molecule has 0 unspecified atom stereocenters. The fourth-order valence-electron chi connectivity index (χ4n) is 3.56. The molecule has 32 heavy (non-hydrogen) atoms. The predicted molar refractivity (Wildman–Crippen MR) is 127 cm³/mol. The van der Waals surface area contributed by atoms with Gasteiger partial charge in [0.2, 0.25) is 0 Å². The zero-order valence-electron chi connectivity index (χ0n) is 17.9. The van der Waals surface area contributed by atoms with Crippen molar-refractivity contribution < 1.29 is 9.53 Å². The maximum absolute atomic E-state index is 13.3. The second-order valence-corrected chi connectivity index (χ2v) is 7.32. The first-order chi connectivity index (χ1) is 15.7. The number of nitrogens with one attached hydrogen (secondary N) is 1. The summed E-state index contributed by atoms with van der Waals surface area (Å²) in [6, 6.07) is 27.3. The molecule has 5 heteroatoms. The Morgan fingerprint density at radius 3 is 2.41 bits per heavy atom. The number of methoxy groups -OCH3 is 1. The molecule has 4 rings (SSSR count). The van der Waals surface area contributed by atoms with Crippen LogP contribution in [0.3, 0.4) is 0 Å². The van der Waals surface area contributed by atoms with Gasteiger partial charge in [0, 0.05) is 30.1 Å². The molecule has 0 radical (unpaired) electrons. The lowest BCUT2D eigenvalue weighted by atomic mass is 10.0. The highest BCUT2D eigenvalue weighted by atomic mass is 16.5. The molecular formula is C27H25N3O2. The Kier molecular flexibility index (Phi) is 6.78. The van der Waals surface area contributed by atoms with E-state index >= 15 is 0 Å². The zero-order valence-corrected chi connectivity index (χ0v) is 17.9. The molecule has 0 atom stereocenters. The lowest BCUT2D eigenvalue weighted by Gasteiger charge is -2.13. The number of nitrogens with zero attached hydrogens (tertiary/aromatic N) is 2. The average Bonchev–Trinajstić information content (AvgIpc) is 3.35. The Hall–Kier alpha value is -4.12. The first-order valence-corrected chi connectivity index (χ1v) is 10.5. The summed E-state index contributed by atoms with van der Waals surface area (Å²) in [6.07, 6.45) is 5.57. The van der Waals surface area contributed by atoms with Crippen LogP contribution in [0, 0.1) is 0 Å². The Bertz CT molecular complexity index is 1200. The fraction of sp³-hybridized carbons (Fsp3) is 0.111. The van der Waals surface area contributed by atoms with Crippen LogP contribution >= 0.6 is 0 Å². The molecule has 1 N–H and O–H groups in total. The largest absolute Gasteiger partial charge is 0.496 e. The van der Waals surface area contributed by atoms with Crippen LogP contribution in [0.25, 0.3) is 11.6 Å². The van der Waals surface area contributed by atoms with Gasteiger partial charge in [0.1, 0.15) is 5.75 Å². The molecule has 0 aliphatic carbocycles. The van der Waals surface area contributed by atoms with Crippen molar-refractivity contribution in [3.63, 3.8) is 0 Å². The number of para-hydroxylation sites is 1. The summed E-state index contributed by atoms with van der Waals surface area (Å²) in [5, 5.41) is 7.38. The monoisotopic (exact) mass is 423 g/mol. The average molecular weight is 424 g/mol. The molecule has 1 aromatic heterocycles. The van der Waals surface area contributed by atoms with Crippen LogP contribution in [0.5, 0.6) is 5.75 Å². The molecular weight excluding hydrogens is 398 g/mol. The molecule has 0 spiro atoms. The van der Waals surface area contributed by atoms with Crippen LogP contribution in [0.2, 0.25) is 0 Å². The molecule has 160 valence electrons. The Balaban J connectivity index is 1.59. The number of amides is 1. The van der Waals surface area contributed by atoms with Crippen molar-refractivity contribution in [3.8, 4) is 5.75 Å². The number of ether oxygens (including phenoxy) is 1. The maximum Gasteiger partial charge on any atom is 0.252 e. The summed E-state index contributed by atoms with van der Waals surface area (Å²) >= 11 is 0. The van der Waals surface area contributed by atoms with Gasteiger partial charge in [-0.05, 0) is 34.9 Å². The van der Waals surface area contributed by atoms with Crippen LogP contribution in [0.4, 0.5) is 0 Å². The normalized spacial score (nSPS) is 11.2. The van der Waals surface area contributed by atoms with E-state index in [1.807, 2.05) is 95.8 Å². The van der Waals surface area contributed by atoms with Gasteiger partial charge in [0.25, 0.3) is 5.91 Å². The van der Waals surface area contributed by atoms with Gasteiger partial charge in [-0.25, -0.2) is 0 Å². The lowest BCUT2D eigenvalue weighted by Crippen LogP contribution is -2.24. The molecule has 5 nitrogen and oxygen atoms in total. The summed E-state index contributed by atoms with van der Waals surface area (Å²) in [6.45, 7) is 1.08. The minimum absolute atomic E-state index is 0.143. The number of carbonyl (C=O) groups excluding carboxylic acids is 1. The van der Waals surface area contributed by atoms with Gasteiger partial charge >= 0.3 is 0 Å². The quantitative estimate of drug-likeness (QED) is 0.327. The first-order valence-electron chi connectivity index (χ1n) is 10.5. The van der Waals surface area contributed by atoms with Crippen LogP contribution in [0.1, 0.15) is 22.3 Å². The van der Waals surface area contributed by atoms with E-state index in [4.69, 9.17) is 4.74 Å². The molecule has 1 heterocycles. The van der Waals surface area contributed by atoms with E-state index in [2.05, 4.69) is 16.5 Å². The third-order valence-corrected chi connectivity index (χ3v) is 5.22. The standard InChI is InChI=1S/C27H25N3O2/c1-32-26-15-8-7-12-22(26)18-25(21-10-3-2-4-11-21)27(31)28-19-23-13-5-6-14-24(23)20-30-17-9-16-29-30/h2-18H,19-20H2,1H3,(H,28,31)/b25-18+. The van der Waals surface area contributed by atoms with Crippen molar-refractivity contribution in [3.05, 3.63) is 120 Å². The van der Waals surface area contributed by atoms with E-state index in [1.54, 1.807) is 13.3 Å². The van der Waals surface area contributed by atoms with Gasteiger partial charge in [0.15, 0.2) is 0 Å². The van der Waals surface area contributed by atoms with Gasteiger partial charge in [-0.2, -0.15) is 5.10 Å². The third kappa shape index (κ3) is 5.13. The number of hydrogen-bond donors (Lipinski definition) is 1. The van der Waals surface area contributed by atoms with Crippen molar-refractivity contribution in [1.29, 1.82) is 0 Å². The first kappa shape index (κ1) is 21.1. The SMILES string of the molecule is COc1ccccc1/C=C(/C(=O)NCc1ccccc1Cn1cccn1)c1ccccc1. The van der Waals surface area contributed by atoms with E-state index in [1.165, 1.54) is 0 Å². The second-order valence-electron chi connectivity index (χ2n) is 7.32. The Morgan fingerprint density at radius 2 is 1.66 bits per heavy atom. The summed E-state index contributed by atoms with van der Waals surface area (Å²) in [5.74, 6) is 0.578. The summed E-state index contributed by atoms with van der Waals surface area (Å²) < 4.78 is 7.34. The van der Waals surface area contributed by atoms with Gasteiger partial charge in [-0.1, -0.05) is 72.8 Å². The molecule has 4 aromatic rings. The van der Waals surface area contributed by atoms with Crippen molar-refractivity contribution in [1.82, 2.24) is 15.1 Å². The molecule has 0 saturated heterocycles. The number of benzene rings is 3. The molecule has 0 fully saturated rings. The molecule has 3 aromatic carbocycles. The van der Waals surface area contributed by atoms with Crippen LogP contribution in [0.15, 0.2) is 97.3 Å². The van der Waals surface area contributed by atoms with E-state index < -0.39 is 0 Å². The van der Waals surface area contributed by atoms with Gasteiger partial charge in [-0.3, -0.25) is 9.48 Å². The van der Waals surface area contributed by atoms with Crippen molar-refractivity contribution in [2.24, 2.45) is 0 Å². The summed E-state index contributed by atoms with van der Waals surface area (Å²) in [4.78, 5) is 13.3. The van der Waals surface area contributed by atoms with Crippen LogP contribution in [-0.2, 0) is 17.9 Å². The smallest absolute Gasteiger partial charge is 0.252 e. The summed E-state index contributed by atoms with van der Waals surface area (Å²) in [7, 11) is 1.63. The van der Waals surface area contributed by atoms with Crippen LogP contribution < -0.4 is 10.1 Å². The van der Waals surface area contributed by atoms with Crippen molar-refractivity contribution in [2.45, 2.75) is 13.1 Å². The van der Waals surface area contributed by atoms with E-state index in [-0.39, 0.29) is 5.91 Å². The lowest BCUT2D eigenvalue weighted by molar-refractivity contribution is -0.115. The number of rotatable bonds is 8. The van der Waals surface area contributed by atoms with Gasteiger partial charge in [0.05, 0.1) is 13.7 Å². The van der Waals surface area contributed by atoms with E-state index in [9.17, 15) is 4.79 Å². The minimum atomic E-state index is -0.143. The second kappa shape index (κ2) is 10.3. The number of hydrogen-bond acceptors (Lipinski definition) is 3. The maximum atomic E-state index is 13.3. The topological polar surface area (TPSA) is 56.1 Å². The van der Waals surface area contributed by atoms with Gasteiger partial charge in [-0.15, -0.1) is 0 Å². The van der Waals surface area contributed by atoms with E-state index in [0.29, 0.717) is 18.7 Å². The Labute approximate surface area is 188 Å². The number of carbonyl (C=O) groups is 1. The third-order valence-electron chi connectivity index (χ3n) is 5.22. The number of aromatic nitrogens is 2. The highest BCUT2D eigenvalue weighted by molar-refractivity contribution is 6.24. The van der Waals surface area contributed by atoms with Crippen molar-refractivity contribution in [2.75, 3.05) is 7.11 Å². The fourth-order valence-corrected chi connectivity index (χ4v) is 3.56. The molecule has 0 aliphatic rings. The minimum Gasteiger partial charge on any atom is -0.496 e. The predicted octanol–water partition coefficient (Wildman–Crippen LogP) is 4.80. The molecule has 1 amide bonds. The Morgan fingerprint density at radius 1 is 0.938 bits per heavy atom. The van der Waals surface area contributed by atoms with Gasteiger partial charge < -0.3 is 10.1 Å². The zero-order chi connectivity index (χ0) is 22.2. The highest BCUT2D eigenvalue weighted by Gasteiger charge is 2.14. The molecule has 0 bridgehead atoms. The highest BCUT2D eigenvalue weighted by Crippen LogP contribution is 2.25.